The lowest BCUT2D eigenvalue weighted by Crippen LogP contribution is -2.47. The molecule has 4 aromatic rings. The molecule has 2 aromatic heterocycles. The molecule has 9 rings (SSSR count). The summed E-state index contributed by atoms with van der Waals surface area (Å²) >= 11 is 0. The number of rotatable bonds is 12. The summed E-state index contributed by atoms with van der Waals surface area (Å²) in [5.41, 5.74) is 6.17. The lowest BCUT2D eigenvalue weighted by Gasteiger charge is -2.35. The van der Waals surface area contributed by atoms with Gasteiger partial charge in [-0.15, -0.1) is 0 Å². The van der Waals surface area contributed by atoms with E-state index in [1.54, 1.807) is 55.3 Å². The summed E-state index contributed by atoms with van der Waals surface area (Å²) in [4.78, 5) is 70.9. The zero-order chi connectivity index (χ0) is 46.1. The number of imide groups is 1. The maximum Gasteiger partial charge on any atom is 0.264 e. The summed E-state index contributed by atoms with van der Waals surface area (Å²) in [5, 5.41) is 18.0. The molecule has 5 amide bonds. The number of anilines is 4. The van der Waals surface area contributed by atoms with Crippen molar-refractivity contribution in [2.24, 2.45) is 13.0 Å². The van der Waals surface area contributed by atoms with E-state index in [4.69, 9.17) is 5.10 Å². The van der Waals surface area contributed by atoms with Gasteiger partial charge in [-0.05, 0) is 112 Å². The highest BCUT2D eigenvalue weighted by Crippen LogP contribution is 2.44. The maximum absolute atomic E-state index is 14.7. The Hall–Kier alpha value is -6.17. The Bertz CT molecular complexity index is 2490. The number of carbonyl (C=O) groups is 5. The first-order chi connectivity index (χ1) is 31.9. The molecule has 0 saturated carbocycles. The van der Waals surface area contributed by atoms with E-state index in [-0.39, 0.29) is 54.1 Å². The van der Waals surface area contributed by atoms with Gasteiger partial charge >= 0.3 is 0 Å². The van der Waals surface area contributed by atoms with E-state index in [9.17, 15) is 32.8 Å². The van der Waals surface area contributed by atoms with Crippen LogP contribution in [-0.2, 0) is 50.4 Å². The number of hydrogen-bond donors (Lipinski definition) is 3. The number of carbonyl (C=O) groups excluding carboxylic acids is 5. The van der Waals surface area contributed by atoms with Crippen molar-refractivity contribution in [2.75, 3.05) is 61.3 Å². The van der Waals surface area contributed by atoms with Crippen molar-refractivity contribution in [3.05, 3.63) is 71.2 Å². The normalized spacial score (nSPS) is 19.7. The molecular weight excluding hydrogens is 849 g/mol. The van der Waals surface area contributed by atoms with Gasteiger partial charge in [0.1, 0.15) is 6.04 Å². The van der Waals surface area contributed by atoms with Crippen LogP contribution >= 0.6 is 0 Å². The predicted octanol–water partition coefficient (Wildman–Crippen LogP) is 5.72. The quantitative estimate of drug-likeness (QED) is 0.150. The van der Waals surface area contributed by atoms with Crippen molar-refractivity contribution in [3.63, 3.8) is 0 Å². The minimum Gasteiger partial charge on any atom is -0.374 e. The fraction of sp³-hybridized carbons (Fsp3) is 0.521. The second kappa shape index (κ2) is 19.4. The molecule has 0 radical (unpaired) electrons. The van der Waals surface area contributed by atoms with E-state index in [0.717, 1.165) is 86.4 Å². The van der Waals surface area contributed by atoms with Crippen LogP contribution in [0.4, 0.5) is 31.7 Å². The van der Waals surface area contributed by atoms with Crippen LogP contribution in [0, 0.1) is 5.92 Å². The van der Waals surface area contributed by atoms with Gasteiger partial charge in [0.2, 0.25) is 29.5 Å². The van der Waals surface area contributed by atoms with Gasteiger partial charge < -0.3 is 25.3 Å². The van der Waals surface area contributed by atoms with E-state index in [2.05, 4.69) is 35.5 Å². The Kier molecular flexibility index (Phi) is 13.2. The molecule has 16 nitrogen and oxygen atoms in total. The standard InChI is InChI=1S/C48H59F2N11O5/c1-30(62)59-22-16-41-39(28-59)47(60-17-4-5-32-23-37(33-26-51-56(2)27-33)38(46(49)50)25-42(32)60)55-61(41)36-14-20-58(21-15-36)45(65)11-8-31-12-18-57(19-13-31)29-44(64)53-35-7-3-6-34(24-35)52-40-9-10-43(63)54-48(40)66/h3,6-7,23-27,31,36,40,46,52H,4-5,8-22,28-29H2,1-2H3,(H,53,64)(H,54,63,66). The summed E-state index contributed by atoms with van der Waals surface area (Å²) in [6.07, 6.45) is 8.23. The number of benzene rings is 2. The lowest BCUT2D eigenvalue weighted by atomic mass is 9.91. The fourth-order valence-electron chi connectivity index (χ4n) is 10.5. The Labute approximate surface area is 383 Å². The van der Waals surface area contributed by atoms with E-state index in [1.807, 2.05) is 21.9 Å². The molecule has 350 valence electrons. The summed E-state index contributed by atoms with van der Waals surface area (Å²) in [6, 6.07) is 10.3. The SMILES string of the molecule is CC(=O)N1CCc2c(c(N3CCCc4cc(-c5cnn(C)c5)c(C(F)F)cc43)nn2C2CCN(C(=O)CCC3CCN(CC(=O)Nc4cccc(NC5CCC(=O)NC5=O)c4)CC3)CC2)C1. The highest BCUT2D eigenvalue weighted by atomic mass is 19.3. The van der Waals surface area contributed by atoms with Crippen LogP contribution in [-0.4, -0.2) is 116 Å². The van der Waals surface area contributed by atoms with E-state index in [0.29, 0.717) is 80.4 Å². The first-order valence-corrected chi connectivity index (χ1v) is 23.4. The van der Waals surface area contributed by atoms with Crippen molar-refractivity contribution >= 4 is 52.4 Å². The Morgan fingerprint density at radius 1 is 0.909 bits per heavy atom. The molecule has 2 aromatic carbocycles. The van der Waals surface area contributed by atoms with Crippen molar-refractivity contribution < 1.29 is 32.8 Å². The lowest BCUT2D eigenvalue weighted by molar-refractivity contribution is -0.134. The summed E-state index contributed by atoms with van der Waals surface area (Å²) in [7, 11) is 1.77. The predicted molar refractivity (Wildman–Crippen MR) is 244 cm³/mol. The van der Waals surface area contributed by atoms with Gasteiger partial charge in [0.15, 0.2) is 5.82 Å². The number of likely N-dealkylation sites (tertiary alicyclic amines) is 2. The van der Waals surface area contributed by atoms with Crippen LogP contribution in [0.1, 0.15) is 99.6 Å². The Balaban J connectivity index is 0.781. The van der Waals surface area contributed by atoms with Gasteiger partial charge in [0.25, 0.3) is 6.43 Å². The molecule has 18 heteroatoms. The average molecular weight is 908 g/mol. The Morgan fingerprint density at radius 3 is 2.42 bits per heavy atom. The number of fused-ring (bicyclic) bond motifs is 2. The first-order valence-electron chi connectivity index (χ1n) is 23.4. The van der Waals surface area contributed by atoms with Crippen molar-refractivity contribution in [3.8, 4) is 11.1 Å². The molecule has 3 N–H and O–H groups in total. The number of piperidine rings is 3. The van der Waals surface area contributed by atoms with Crippen molar-refractivity contribution in [1.82, 2.24) is 39.6 Å². The number of nitrogens with one attached hydrogen (secondary N) is 3. The number of aromatic nitrogens is 4. The molecule has 3 saturated heterocycles. The maximum atomic E-state index is 14.7. The zero-order valence-electron chi connectivity index (χ0n) is 37.7. The number of hydrogen-bond acceptors (Lipinski definition) is 10. The minimum atomic E-state index is -2.68. The van der Waals surface area contributed by atoms with Crippen molar-refractivity contribution in [2.45, 2.75) is 103 Å². The molecule has 1 atom stereocenters. The third kappa shape index (κ3) is 9.83. The second-order valence-electron chi connectivity index (χ2n) is 18.6. The number of aryl methyl sites for hydroxylation is 2. The topological polar surface area (TPSA) is 170 Å². The van der Waals surface area contributed by atoms with Crippen LogP contribution in [0.3, 0.4) is 0 Å². The molecule has 5 aliphatic rings. The zero-order valence-corrected chi connectivity index (χ0v) is 37.7. The Morgan fingerprint density at radius 2 is 1.70 bits per heavy atom. The minimum absolute atomic E-state index is 0.0117. The molecule has 5 aliphatic heterocycles. The van der Waals surface area contributed by atoms with Crippen molar-refractivity contribution in [1.29, 1.82) is 0 Å². The smallest absolute Gasteiger partial charge is 0.264 e. The van der Waals surface area contributed by atoms with Crippen LogP contribution in [0.25, 0.3) is 11.1 Å². The van der Waals surface area contributed by atoms with Gasteiger partial charge in [0.05, 0.1) is 25.3 Å². The fourth-order valence-corrected chi connectivity index (χ4v) is 10.5. The highest BCUT2D eigenvalue weighted by Gasteiger charge is 2.36. The largest absolute Gasteiger partial charge is 0.374 e. The van der Waals surface area contributed by atoms with Gasteiger partial charge in [-0.1, -0.05) is 6.07 Å². The molecule has 0 bridgehead atoms. The third-order valence-corrected chi connectivity index (χ3v) is 14.1. The molecular formula is C48H59F2N11O5. The molecule has 3 fully saturated rings. The molecule has 66 heavy (non-hydrogen) atoms. The van der Waals surface area contributed by atoms with Gasteiger partial charge in [0, 0.05) is 105 Å². The summed E-state index contributed by atoms with van der Waals surface area (Å²) in [5.74, 6) is 0.538. The number of alkyl halides is 2. The number of amides is 5. The molecule has 0 aliphatic carbocycles. The molecule has 1 unspecified atom stereocenters. The second-order valence-corrected chi connectivity index (χ2v) is 18.6. The van der Waals surface area contributed by atoms with Gasteiger partial charge in [-0.2, -0.15) is 10.2 Å². The number of nitrogens with zero attached hydrogens (tertiary/aromatic N) is 8. The molecule has 7 heterocycles. The monoisotopic (exact) mass is 907 g/mol. The van der Waals surface area contributed by atoms with Gasteiger partial charge in [-0.25, -0.2) is 8.78 Å². The van der Waals surface area contributed by atoms with Crippen LogP contribution < -0.4 is 20.9 Å². The van der Waals surface area contributed by atoms with E-state index >= 15 is 0 Å². The number of halogens is 2. The average Bonchev–Trinajstić information content (AvgIpc) is 3.92. The van der Waals surface area contributed by atoms with Gasteiger partial charge in [-0.3, -0.25) is 43.6 Å². The van der Waals surface area contributed by atoms with Crippen LogP contribution in [0.2, 0.25) is 0 Å². The van der Waals surface area contributed by atoms with Crippen LogP contribution in [0.5, 0.6) is 0 Å². The third-order valence-electron chi connectivity index (χ3n) is 14.1. The van der Waals surface area contributed by atoms with Crippen LogP contribution in [0.15, 0.2) is 48.8 Å². The first kappa shape index (κ1) is 45.0. The van der Waals surface area contributed by atoms with E-state index < -0.39 is 12.5 Å². The van der Waals surface area contributed by atoms with E-state index in [1.165, 1.54) is 0 Å². The highest BCUT2D eigenvalue weighted by molar-refractivity contribution is 6.01. The summed E-state index contributed by atoms with van der Waals surface area (Å²) < 4.78 is 33.2. The molecule has 0 spiro atoms. The summed E-state index contributed by atoms with van der Waals surface area (Å²) in [6.45, 7) is 6.25.